The van der Waals surface area contributed by atoms with Gasteiger partial charge in [0.25, 0.3) is 0 Å². The number of hydrogen-bond acceptors (Lipinski definition) is 2. The summed E-state index contributed by atoms with van der Waals surface area (Å²) in [5.41, 5.74) is 7.96. The average Bonchev–Trinajstić information content (AvgIpc) is 2.76. The van der Waals surface area contributed by atoms with Crippen LogP contribution >= 0.6 is 0 Å². The first kappa shape index (κ1) is 19.7. The van der Waals surface area contributed by atoms with Gasteiger partial charge in [0.15, 0.2) is 0 Å². The fourth-order valence-electron chi connectivity index (χ4n) is 3.36. The monoisotopic (exact) mass is 392 g/mol. The Labute approximate surface area is 177 Å². The smallest absolute Gasteiger partial charge is 0.315 e. The lowest BCUT2D eigenvalue weighted by Crippen LogP contribution is -2.11. The average molecular weight is 392 g/mol. The summed E-state index contributed by atoms with van der Waals surface area (Å²) in [5, 5.41) is 0. The predicted octanol–water partition coefficient (Wildman–Crippen LogP) is 6.79. The van der Waals surface area contributed by atoms with Crippen LogP contribution in [0.3, 0.4) is 0 Å². The molecule has 0 bridgehead atoms. The van der Waals surface area contributed by atoms with Gasteiger partial charge in [-0.2, -0.15) is 0 Å². The molecule has 0 saturated heterocycles. The van der Waals surface area contributed by atoms with Gasteiger partial charge in [-0.25, -0.2) is 0 Å². The standard InChI is InChI=1S/C28H24O2/c1-20-3-9-23(10-4-20)25-13-7-22(8-14-25)19-28(29)30-27-17-15-26(16-18-27)24-11-5-21(2)6-12-24/h3-18H,19H2,1-2H3. The van der Waals surface area contributed by atoms with E-state index in [1.165, 1.54) is 16.7 Å². The minimum atomic E-state index is -0.263. The molecular formula is C28H24O2. The van der Waals surface area contributed by atoms with E-state index >= 15 is 0 Å². The first-order valence-electron chi connectivity index (χ1n) is 10.1. The zero-order chi connectivity index (χ0) is 20.9. The highest BCUT2D eigenvalue weighted by atomic mass is 16.5. The van der Waals surface area contributed by atoms with Crippen molar-refractivity contribution in [1.29, 1.82) is 0 Å². The third-order valence-electron chi connectivity index (χ3n) is 5.16. The number of benzene rings is 4. The summed E-state index contributed by atoms with van der Waals surface area (Å²) in [6.45, 7) is 4.15. The lowest BCUT2D eigenvalue weighted by atomic mass is 10.0. The van der Waals surface area contributed by atoms with Crippen LogP contribution in [0.2, 0.25) is 0 Å². The van der Waals surface area contributed by atoms with Crippen molar-refractivity contribution in [2.45, 2.75) is 20.3 Å². The first-order chi connectivity index (χ1) is 14.6. The summed E-state index contributed by atoms with van der Waals surface area (Å²) in [6, 6.07) is 32.5. The highest BCUT2D eigenvalue weighted by Crippen LogP contribution is 2.24. The van der Waals surface area contributed by atoms with Gasteiger partial charge < -0.3 is 4.74 Å². The van der Waals surface area contributed by atoms with Crippen molar-refractivity contribution in [3.8, 4) is 28.0 Å². The van der Waals surface area contributed by atoms with E-state index in [-0.39, 0.29) is 12.4 Å². The molecule has 148 valence electrons. The second-order valence-corrected chi connectivity index (χ2v) is 7.60. The van der Waals surface area contributed by atoms with Crippen LogP contribution in [0.5, 0.6) is 5.75 Å². The van der Waals surface area contributed by atoms with E-state index in [1.54, 1.807) is 0 Å². The van der Waals surface area contributed by atoms with Gasteiger partial charge in [-0.15, -0.1) is 0 Å². The summed E-state index contributed by atoms with van der Waals surface area (Å²) in [4.78, 5) is 12.3. The Balaban J connectivity index is 1.37. The SMILES string of the molecule is Cc1ccc(-c2ccc(CC(=O)Oc3ccc(-c4ccc(C)cc4)cc3)cc2)cc1. The highest BCUT2D eigenvalue weighted by molar-refractivity contribution is 5.76. The number of carbonyl (C=O) groups excluding carboxylic acids is 1. The minimum Gasteiger partial charge on any atom is -0.426 e. The molecule has 0 radical (unpaired) electrons. The molecule has 0 fully saturated rings. The van der Waals surface area contributed by atoms with Gasteiger partial charge in [-0.3, -0.25) is 4.79 Å². The number of ether oxygens (including phenoxy) is 1. The zero-order valence-corrected chi connectivity index (χ0v) is 17.3. The Morgan fingerprint density at radius 3 is 1.37 bits per heavy atom. The normalized spacial score (nSPS) is 10.6. The van der Waals surface area contributed by atoms with Gasteiger partial charge in [0.05, 0.1) is 6.42 Å². The topological polar surface area (TPSA) is 26.3 Å². The molecule has 2 heteroatoms. The Morgan fingerprint density at radius 1 is 0.567 bits per heavy atom. The molecule has 0 spiro atoms. The lowest BCUT2D eigenvalue weighted by molar-refractivity contribution is -0.133. The van der Waals surface area contributed by atoms with E-state index in [9.17, 15) is 4.79 Å². The Hall–Kier alpha value is -3.65. The number of rotatable bonds is 5. The lowest BCUT2D eigenvalue weighted by Gasteiger charge is -2.07. The van der Waals surface area contributed by atoms with Crippen LogP contribution in [0.25, 0.3) is 22.3 Å². The molecule has 30 heavy (non-hydrogen) atoms. The van der Waals surface area contributed by atoms with Crippen LogP contribution in [-0.2, 0) is 11.2 Å². The third kappa shape index (κ3) is 4.84. The van der Waals surface area contributed by atoms with Crippen LogP contribution in [0.15, 0.2) is 97.1 Å². The van der Waals surface area contributed by atoms with Gasteiger partial charge in [-0.05, 0) is 53.8 Å². The molecular weight excluding hydrogens is 368 g/mol. The minimum absolute atomic E-state index is 0.244. The molecule has 0 heterocycles. The molecule has 0 aliphatic rings. The molecule has 0 aliphatic heterocycles. The molecule has 0 atom stereocenters. The quantitative estimate of drug-likeness (QED) is 0.276. The molecule has 4 aromatic rings. The van der Waals surface area contributed by atoms with Gasteiger partial charge in [0, 0.05) is 0 Å². The maximum Gasteiger partial charge on any atom is 0.315 e. The van der Waals surface area contributed by atoms with Crippen LogP contribution in [0.4, 0.5) is 0 Å². The summed E-state index contributed by atoms with van der Waals surface area (Å²) in [7, 11) is 0. The molecule has 0 aromatic heterocycles. The van der Waals surface area contributed by atoms with Crippen LogP contribution in [0, 0.1) is 13.8 Å². The van der Waals surface area contributed by atoms with Crippen LogP contribution in [-0.4, -0.2) is 5.97 Å². The Kier molecular flexibility index (Phi) is 5.76. The molecule has 2 nitrogen and oxygen atoms in total. The van der Waals surface area contributed by atoms with E-state index in [2.05, 4.69) is 62.4 Å². The third-order valence-corrected chi connectivity index (χ3v) is 5.16. The number of esters is 1. The fourth-order valence-corrected chi connectivity index (χ4v) is 3.36. The maximum absolute atomic E-state index is 12.3. The fraction of sp³-hybridized carbons (Fsp3) is 0.107. The van der Waals surface area contributed by atoms with E-state index in [4.69, 9.17) is 4.74 Å². The molecule has 0 amide bonds. The van der Waals surface area contributed by atoms with Crippen LogP contribution < -0.4 is 4.74 Å². The van der Waals surface area contributed by atoms with Crippen molar-refractivity contribution in [3.05, 3.63) is 114 Å². The number of carbonyl (C=O) groups is 1. The van der Waals surface area contributed by atoms with Crippen molar-refractivity contribution >= 4 is 5.97 Å². The largest absolute Gasteiger partial charge is 0.426 e. The highest BCUT2D eigenvalue weighted by Gasteiger charge is 2.08. The Morgan fingerprint density at radius 2 is 0.933 bits per heavy atom. The number of aryl methyl sites for hydroxylation is 2. The summed E-state index contributed by atoms with van der Waals surface area (Å²) in [5.74, 6) is 0.299. The molecule has 4 rings (SSSR count). The number of hydrogen-bond donors (Lipinski definition) is 0. The summed E-state index contributed by atoms with van der Waals surface area (Å²) >= 11 is 0. The van der Waals surface area contributed by atoms with Gasteiger partial charge >= 0.3 is 5.97 Å². The van der Waals surface area contributed by atoms with Crippen molar-refractivity contribution in [2.75, 3.05) is 0 Å². The van der Waals surface area contributed by atoms with E-state index in [0.29, 0.717) is 5.75 Å². The van der Waals surface area contributed by atoms with E-state index < -0.39 is 0 Å². The maximum atomic E-state index is 12.3. The van der Waals surface area contributed by atoms with Crippen molar-refractivity contribution in [3.63, 3.8) is 0 Å². The molecule has 0 N–H and O–H groups in total. The summed E-state index contributed by atoms with van der Waals surface area (Å²) < 4.78 is 5.52. The van der Waals surface area contributed by atoms with E-state index in [0.717, 1.165) is 22.3 Å². The van der Waals surface area contributed by atoms with Gasteiger partial charge in [0.1, 0.15) is 5.75 Å². The molecule has 0 saturated carbocycles. The molecule has 4 aromatic carbocycles. The summed E-state index contributed by atoms with van der Waals surface area (Å²) in [6.07, 6.45) is 0.244. The van der Waals surface area contributed by atoms with E-state index in [1.807, 2.05) is 48.5 Å². The molecule has 0 unspecified atom stereocenters. The Bertz CT molecular complexity index is 1030. The zero-order valence-electron chi connectivity index (χ0n) is 17.3. The first-order valence-corrected chi connectivity index (χ1v) is 10.1. The molecule has 0 aliphatic carbocycles. The van der Waals surface area contributed by atoms with Gasteiger partial charge in [-0.1, -0.05) is 96.1 Å². The second-order valence-electron chi connectivity index (χ2n) is 7.60. The second kappa shape index (κ2) is 8.79. The van der Waals surface area contributed by atoms with Crippen molar-refractivity contribution in [2.24, 2.45) is 0 Å². The van der Waals surface area contributed by atoms with Crippen molar-refractivity contribution in [1.82, 2.24) is 0 Å². The predicted molar refractivity (Wildman–Crippen MR) is 123 cm³/mol. The van der Waals surface area contributed by atoms with Crippen LogP contribution in [0.1, 0.15) is 16.7 Å². The van der Waals surface area contributed by atoms with Gasteiger partial charge in [0.2, 0.25) is 0 Å². The van der Waals surface area contributed by atoms with Crippen molar-refractivity contribution < 1.29 is 9.53 Å².